The molecule has 0 bridgehead atoms. The maximum Gasteiger partial charge on any atom is 0.337 e. The summed E-state index contributed by atoms with van der Waals surface area (Å²) in [6.45, 7) is 6.40. The molecule has 0 aliphatic carbocycles. The van der Waals surface area contributed by atoms with E-state index < -0.39 is 24.3 Å². The maximum atomic E-state index is 12.5. The van der Waals surface area contributed by atoms with Crippen molar-refractivity contribution in [2.45, 2.75) is 39.6 Å². The normalized spacial score (nSPS) is 15.0. The Hall–Kier alpha value is -3.77. The van der Waals surface area contributed by atoms with E-state index in [4.69, 9.17) is 23.7 Å². The number of urea groups is 1. The van der Waals surface area contributed by atoms with Crippen LogP contribution in [0.3, 0.4) is 0 Å². The van der Waals surface area contributed by atoms with Gasteiger partial charge in [0.1, 0.15) is 13.2 Å². The molecule has 3 aromatic carbocycles. The summed E-state index contributed by atoms with van der Waals surface area (Å²) in [6.07, 6.45) is 0.418. The lowest BCUT2D eigenvalue weighted by molar-refractivity contribution is -0.136. The van der Waals surface area contributed by atoms with Crippen molar-refractivity contribution in [2.24, 2.45) is 5.10 Å². The molecule has 12 nitrogen and oxygen atoms in total. The molecule has 4 rings (SSSR count). The van der Waals surface area contributed by atoms with Crippen LogP contribution < -0.4 is 35.0 Å². The molecule has 250 valence electrons. The summed E-state index contributed by atoms with van der Waals surface area (Å²) in [7, 11) is 1.28. The van der Waals surface area contributed by atoms with Crippen LogP contribution in [0.4, 0.5) is 4.79 Å². The van der Waals surface area contributed by atoms with Gasteiger partial charge < -0.3 is 39.4 Å². The van der Waals surface area contributed by atoms with Crippen molar-refractivity contribution >= 4 is 63.4 Å². The third kappa shape index (κ3) is 9.87. The Morgan fingerprint density at radius 3 is 2.43 bits per heavy atom. The first-order valence-corrected chi connectivity index (χ1v) is 16.9. The Balaban J connectivity index is 1.40. The number of hydrazone groups is 1. The zero-order valence-electron chi connectivity index (χ0n) is 26.3. The van der Waals surface area contributed by atoms with Crippen molar-refractivity contribution in [3.05, 3.63) is 89.7 Å². The second-order valence-corrected chi connectivity index (χ2v) is 12.5. The van der Waals surface area contributed by atoms with Gasteiger partial charge in [-0.1, -0.05) is 18.2 Å². The molecule has 1 heterocycles. The SMILES string of the molecule is CCOc1cc([C@H]2NC(=O)NC(C)=C2C(=O)OC)ccc1OC[C@@H](O)N/N=C\c1cc(I)c(OCc2ccc(I)cc2)c(OCC)c1. The predicted molar refractivity (Wildman–Crippen MR) is 193 cm³/mol. The minimum atomic E-state index is -1.15. The van der Waals surface area contributed by atoms with Crippen LogP contribution in [0.1, 0.15) is 43.5 Å². The molecule has 0 unspecified atom stereocenters. The Labute approximate surface area is 300 Å². The first kappa shape index (κ1) is 36.1. The predicted octanol–water partition coefficient (Wildman–Crippen LogP) is 5.39. The van der Waals surface area contributed by atoms with Gasteiger partial charge in [-0.05, 0) is 119 Å². The average Bonchev–Trinajstić information content (AvgIpc) is 3.04. The molecule has 4 N–H and O–H groups in total. The summed E-state index contributed by atoms with van der Waals surface area (Å²) in [5, 5.41) is 20.1. The topological polar surface area (TPSA) is 149 Å². The van der Waals surface area contributed by atoms with E-state index in [-0.39, 0.29) is 12.2 Å². The molecule has 2 atom stereocenters. The number of aliphatic hydroxyl groups is 1. The monoisotopic (exact) mass is 870 g/mol. The number of carbonyl (C=O) groups excluding carboxylic acids is 2. The van der Waals surface area contributed by atoms with Gasteiger partial charge in [-0.25, -0.2) is 9.59 Å². The number of halogens is 2. The number of benzene rings is 3. The van der Waals surface area contributed by atoms with Crippen LogP contribution in [0.2, 0.25) is 0 Å². The number of allylic oxidation sites excluding steroid dienone is 1. The zero-order chi connectivity index (χ0) is 33.9. The minimum absolute atomic E-state index is 0.152. The second-order valence-electron chi connectivity index (χ2n) is 10.1. The Bertz CT molecular complexity index is 1630. The van der Waals surface area contributed by atoms with Gasteiger partial charge in [0.2, 0.25) is 0 Å². The quantitative estimate of drug-likeness (QED) is 0.0519. The van der Waals surface area contributed by atoms with Crippen molar-refractivity contribution in [1.82, 2.24) is 16.1 Å². The van der Waals surface area contributed by atoms with E-state index in [0.717, 1.165) is 18.3 Å². The van der Waals surface area contributed by atoms with Crippen LogP contribution in [0.5, 0.6) is 23.0 Å². The highest BCUT2D eigenvalue weighted by Gasteiger charge is 2.32. The summed E-state index contributed by atoms with van der Waals surface area (Å²) in [5.74, 6) is 1.40. The minimum Gasteiger partial charge on any atom is -0.490 e. The molecule has 0 radical (unpaired) electrons. The van der Waals surface area contributed by atoms with Crippen LogP contribution in [0.15, 0.2) is 71.0 Å². The molecule has 2 amide bonds. The van der Waals surface area contributed by atoms with Crippen molar-refractivity contribution in [3.63, 3.8) is 0 Å². The smallest absolute Gasteiger partial charge is 0.337 e. The summed E-state index contributed by atoms with van der Waals surface area (Å²) >= 11 is 4.47. The number of aliphatic hydroxyl groups excluding tert-OH is 1. The van der Waals surface area contributed by atoms with Crippen LogP contribution in [0.25, 0.3) is 0 Å². The third-order valence-corrected chi connectivity index (χ3v) is 8.26. The number of hydrogen-bond acceptors (Lipinski definition) is 10. The van der Waals surface area contributed by atoms with Crippen molar-refractivity contribution in [1.29, 1.82) is 0 Å². The van der Waals surface area contributed by atoms with Gasteiger partial charge >= 0.3 is 12.0 Å². The van der Waals surface area contributed by atoms with E-state index in [1.807, 2.05) is 50.2 Å². The highest BCUT2D eigenvalue weighted by Crippen LogP contribution is 2.36. The number of nitrogens with zero attached hydrogens (tertiary/aromatic N) is 1. The lowest BCUT2D eigenvalue weighted by atomic mass is 9.95. The van der Waals surface area contributed by atoms with Crippen LogP contribution in [0, 0.1) is 7.14 Å². The van der Waals surface area contributed by atoms with Crippen molar-refractivity contribution in [3.8, 4) is 23.0 Å². The van der Waals surface area contributed by atoms with Crippen molar-refractivity contribution in [2.75, 3.05) is 26.9 Å². The molecule has 1 aliphatic rings. The molecule has 47 heavy (non-hydrogen) atoms. The molecule has 0 spiro atoms. The summed E-state index contributed by atoms with van der Waals surface area (Å²) in [5.41, 5.74) is 5.71. The van der Waals surface area contributed by atoms with E-state index in [1.165, 1.54) is 7.11 Å². The standard InChI is InChI=1S/C33H36I2N4O8/c1-5-44-26-15-22(30-29(32(41)43-4)19(3)37-33(42)38-30)9-12-25(26)46-18-28(40)39-36-16-21-13-24(35)31(27(14-21)45-6-2)47-17-20-7-10-23(34)11-8-20/h7-16,28,30,39-40H,5-6,17-18H2,1-4H3,(H2,37,38,42)/b36-16-/t28-,30-/m1/s1. The van der Waals surface area contributed by atoms with Crippen LogP contribution >= 0.6 is 45.2 Å². The number of hydrogen-bond donors (Lipinski definition) is 4. The number of amides is 2. The summed E-state index contributed by atoms with van der Waals surface area (Å²) < 4.78 is 30.5. The molecule has 14 heteroatoms. The van der Waals surface area contributed by atoms with Gasteiger partial charge in [-0.15, -0.1) is 0 Å². The highest BCUT2D eigenvalue weighted by atomic mass is 127. The van der Waals surface area contributed by atoms with E-state index in [0.29, 0.717) is 54.1 Å². The molecule has 0 aromatic heterocycles. The number of rotatable bonds is 15. The van der Waals surface area contributed by atoms with Crippen molar-refractivity contribution < 1.29 is 38.4 Å². The molecule has 0 fully saturated rings. The second kappa shape index (κ2) is 17.4. The fourth-order valence-electron chi connectivity index (χ4n) is 4.62. The van der Waals surface area contributed by atoms with Gasteiger partial charge in [-0.3, -0.25) is 5.43 Å². The molecular weight excluding hydrogens is 834 g/mol. The fraction of sp³-hybridized carbons (Fsp3) is 0.303. The fourth-order valence-corrected chi connectivity index (χ4v) is 5.76. The Kier molecular flexibility index (Phi) is 13.4. The summed E-state index contributed by atoms with van der Waals surface area (Å²) in [4.78, 5) is 24.7. The highest BCUT2D eigenvalue weighted by molar-refractivity contribution is 14.1. The lowest BCUT2D eigenvalue weighted by Crippen LogP contribution is -2.45. The Morgan fingerprint density at radius 1 is 1.00 bits per heavy atom. The first-order valence-electron chi connectivity index (χ1n) is 14.7. The van der Waals surface area contributed by atoms with E-state index >= 15 is 0 Å². The van der Waals surface area contributed by atoms with Gasteiger partial charge in [0.15, 0.2) is 29.2 Å². The van der Waals surface area contributed by atoms with E-state index in [1.54, 1.807) is 31.3 Å². The van der Waals surface area contributed by atoms with E-state index in [9.17, 15) is 14.7 Å². The molecule has 1 aliphatic heterocycles. The molecule has 0 saturated carbocycles. The number of methoxy groups -OCH3 is 1. The number of nitrogens with one attached hydrogen (secondary N) is 3. The lowest BCUT2D eigenvalue weighted by Gasteiger charge is -2.28. The van der Waals surface area contributed by atoms with Crippen LogP contribution in [-0.2, 0) is 16.1 Å². The van der Waals surface area contributed by atoms with Gasteiger partial charge in [-0.2, -0.15) is 5.10 Å². The number of carbonyl (C=O) groups is 2. The average molecular weight is 870 g/mol. The Morgan fingerprint density at radius 2 is 1.72 bits per heavy atom. The molecule has 3 aromatic rings. The first-order chi connectivity index (χ1) is 22.6. The molecular formula is C33H36I2N4O8. The number of esters is 1. The van der Waals surface area contributed by atoms with Crippen LogP contribution in [-0.4, -0.2) is 56.5 Å². The van der Waals surface area contributed by atoms with Gasteiger partial charge in [0.05, 0.1) is 41.7 Å². The third-order valence-electron chi connectivity index (χ3n) is 6.74. The largest absolute Gasteiger partial charge is 0.490 e. The summed E-state index contributed by atoms with van der Waals surface area (Å²) in [6, 6.07) is 15.7. The van der Waals surface area contributed by atoms with E-state index in [2.05, 4.69) is 66.3 Å². The number of ether oxygens (including phenoxy) is 5. The van der Waals surface area contributed by atoms with Gasteiger partial charge in [0, 0.05) is 9.27 Å². The zero-order valence-corrected chi connectivity index (χ0v) is 30.6. The van der Waals surface area contributed by atoms with Gasteiger partial charge in [0.25, 0.3) is 0 Å². The molecule has 0 saturated heterocycles. The maximum absolute atomic E-state index is 12.5.